The molecule has 1 aliphatic rings. The number of pyridine rings is 1. The lowest BCUT2D eigenvalue weighted by Crippen LogP contribution is -2.55. The van der Waals surface area contributed by atoms with E-state index in [1.54, 1.807) is 54.6 Å². The minimum Gasteiger partial charge on any atom is -0.497 e. The van der Waals surface area contributed by atoms with Crippen LogP contribution in [0.25, 0.3) is 0 Å². The highest BCUT2D eigenvalue weighted by molar-refractivity contribution is 6.23. The second-order valence-corrected chi connectivity index (χ2v) is 7.60. The maximum Gasteiger partial charge on any atom is 0.274 e. The first kappa shape index (κ1) is 22.7. The summed E-state index contributed by atoms with van der Waals surface area (Å²) in [7, 11) is 1.51. The van der Waals surface area contributed by atoms with E-state index < -0.39 is 29.7 Å². The summed E-state index contributed by atoms with van der Waals surface area (Å²) in [5.74, 6) is -1.67. The second kappa shape index (κ2) is 9.95. The van der Waals surface area contributed by atoms with E-state index in [0.29, 0.717) is 11.4 Å². The number of benzene rings is 2. The van der Waals surface area contributed by atoms with Crippen LogP contribution in [0.3, 0.4) is 0 Å². The third-order valence-corrected chi connectivity index (χ3v) is 5.35. The molecule has 4 rings (SSSR count). The van der Waals surface area contributed by atoms with Crippen molar-refractivity contribution in [1.29, 1.82) is 0 Å². The molecule has 172 valence electrons. The molecule has 0 aliphatic carbocycles. The molecule has 0 spiro atoms. The summed E-state index contributed by atoms with van der Waals surface area (Å²) in [5, 5.41) is 0.937. The van der Waals surface area contributed by atoms with Gasteiger partial charge in [-0.3, -0.25) is 29.6 Å². The van der Waals surface area contributed by atoms with E-state index in [2.05, 4.69) is 10.4 Å². The van der Waals surface area contributed by atoms with Gasteiger partial charge in [0.1, 0.15) is 11.8 Å². The van der Waals surface area contributed by atoms with Crippen LogP contribution in [-0.2, 0) is 20.8 Å². The van der Waals surface area contributed by atoms with Gasteiger partial charge in [-0.05, 0) is 42.0 Å². The van der Waals surface area contributed by atoms with Gasteiger partial charge in [-0.15, -0.1) is 0 Å². The van der Waals surface area contributed by atoms with Crippen molar-refractivity contribution in [2.24, 2.45) is 0 Å². The van der Waals surface area contributed by atoms with Crippen molar-refractivity contribution < 1.29 is 23.9 Å². The zero-order valence-corrected chi connectivity index (χ0v) is 18.4. The molecular formula is C25H22N4O5. The Hall–Kier alpha value is -4.53. The predicted molar refractivity (Wildman–Crippen MR) is 123 cm³/mol. The highest BCUT2D eigenvalue weighted by Gasteiger charge is 2.45. The number of carbonyl (C=O) groups is 4. The van der Waals surface area contributed by atoms with Gasteiger partial charge in [-0.2, -0.15) is 0 Å². The number of nitrogens with zero attached hydrogens (tertiary/aromatic N) is 3. The molecule has 9 heteroatoms. The van der Waals surface area contributed by atoms with Crippen LogP contribution in [0.2, 0.25) is 0 Å². The molecule has 4 amide bonds. The van der Waals surface area contributed by atoms with Gasteiger partial charge >= 0.3 is 0 Å². The van der Waals surface area contributed by atoms with Gasteiger partial charge in [0.15, 0.2) is 0 Å². The Kier molecular flexibility index (Phi) is 6.63. The number of amides is 4. The fraction of sp³-hybridized carbons (Fsp3) is 0.160. The smallest absolute Gasteiger partial charge is 0.274 e. The highest BCUT2D eigenvalue weighted by Crippen LogP contribution is 2.27. The fourth-order valence-electron chi connectivity index (χ4n) is 3.67. The predicted octanol–water partition coefficient (Wildman–Crippen LogP) is 2.14. The lowest BCUT2D eigenvalue weighted by molar-refractivity contribution is -0.128. The van der Waals surface area contributed by atoms with Crippen molar-refractivity contribution >= 4 is 29.3 Å². The summed E-state index contributed by atoms with van der Waals surface area (Å²) < 4.78 is 5.12. The molecule has 1 atom stereocenters. The standard InChI is InChI=1S/C25H22N4O5/c1-34-20-11-9-19(10-12-20)28-23(31)15-21(25(28)33)29(24(32)18-8-5-13-26-16-18)27-22(30)14-17-6-3-2-4-7-17/h2-13,16,21H,14-15H2,1H3,(H,27,30). The number of carbonyl (C=O) groups excluding carboxylic acids is 4. The molecular weight excluding hydrogens is 436 g/mol. The molecule has 1 aromatic heterocycles. The van der Waals surface area contributed by atoms with Gasteiger partial charge < -0.3 is 4.74 Å². The normalized spacial score (nSPS) is 15.2. The molecule has 1 saturated heterocycles. The fourth-order valence-corrected chi connectivity index (χ4v) is 3.67. The van der Waals surface area contributed by atoms with Crippen molar-refractivity contribution in [1.82, 2.24) is 15.4 Å². The summed E-state index contributed by atoms with van der Waals surface area (Å²) >= 11 is 0. The van der Waals surface area contributed by atoms with Crippen molar-refractivity contribution in [3.8, 4) is 5.75 Å². The summed E-state index contributed by atoms with van der Waals surface area (Å²) in [6.07, 6.45) is 2.56. The summed E-state index contributed by atoms with van der Waals surface area (Å²) in [6, 6.07) is 17.3. The van der Waals surface area contributed by atoms with E-state index in [-0.39, 0.29) is 18.4 Å². The van der Waals surface area contributed by atoms with E-state index in [1.807, 2.05) is 6.07 Å². The number of methoxy groups -OCH3 is 1. The van der Waals surface area contributed by atoms with Gasteiger partial charge in [0.2, 0.25) is 11.8 Å². The third kappa shape index (κ3) is 4.78. The Bertz CT molecular complexity index is 1200. The number of nitrogens with one attached hydrogen (secondary N) is 1. The molecule has 1 aliphatic heterocycles. The van der Waals surface area contributed by atoms with Gasteiger partial charge in [0, 0.05) is 12.4 Å². The summed E-state index contributed by atoms with van der Waals surface area (Å²) in [5.41, 5.74) is 3.80. The molecule has 2 heterocycles. The first-order valence-electron chi connectivity index (χ1n) is 10.6. The van der Waals surface area contributed by atoms with Crippen molar-refractivity contribution in [2.75, 3.05) is 12.0 Å². The number of rotatable bonds is 6. The van der Waals surface area contributed by atoms with Crippen LogP contribution in [0.4, 0.5) is 5.69 Å². The first-order valence-corrected chi connectivity index (χ1v) is 10.6. The maximum atomic E-state index is 13.3. The molecule has 34 heavy (non-hydrogen) atoms. The van der Waals surface area contributed by atoms with Crippen molar-refractivity contribution in [3.05, 3.63) is 90.3 Å². The Morgan fingerprint density at radius 3 is 2.44 bits per heavy atom. The van der Waals surface area contributed by atoms with Crippen LogP contribution >= 0.6 is 0 Å². The molecule has 3 aromatic rings. The van der Waals surface area contributed by atoms with Gasteiger partial charge in [0.05, 0.1) is 31.2 Å². The Morgan fingerprint density at radius 1 is 1.06 bits per heavy atom. The highest BCUT2D eigenvalue weighted by atomic mass is 16.5. The lowest BCUT2D eigenvalue weighted by atomic mass is 10.1. The number of aromatic nitrogens is 1. The number of imide groups is 1. The van der Waals surface area contributed by atoms with E-state index in [0.717, 1.165) is 15.5 Å². The molecule has 2 aromatic carbocycles. The van der Waals surface area contributed by atoms with Gasteiger partial charge in [0.25, 0.3) is 11.8 Å². The topological polar surface area (TPSA) is 109 Å². The average molecular weight is 458 g/mol. The quantitative estimate of drug-likeness (QED) is 0.448. The minimum absolute atomic E-state index is 0.00525. The van der Waals surface area contributed by atoms with Crippen LogP contribution in [0.15, 0.2) is 79.1 Å². The van der Waals surface area contributed by atoms with Crippen molar-refractivity contribution in [3.63, 3.8) is 0 Å². The van der Waals surface area contributed by atoms with E-state index in [4.69, 9.17) is 4.74 Å². The zero-order valence-electron chi connectivity index (χ0n) is 18.4. The number of hydrogen-bond acceptors (Lipinski definition) is 6. The monoisotopic (exact) mass is 458 g/mol. The Balaban J connectivity index is 1.61. The maximum absolute atomic E-state index is 13.3. The molecule has 0 radical (unpaired) electrons. The molecule has 1 N–H and O–H groups in total. The molecule has 9 nitrogen and oxygen atoms in total. The van der Waals surface area contributed by atoms with Gasteiger partial charge in [-0.25, -0.2) is 9.91 Å². The van der Waals surface area contributed by atoms with E-state index in [1.165, 1.54) is 25.6 Å². The molecule has 0 saturated carbocycles. The third-order valence-electron chi connectivity index (χ3n) is 5.35. The number of hydrazine groups is 1. The van der Waals surface area contributed by atoms with E-state index >= 15 is 0 Å². The Morgan fingerprint density at radius 2 is 1.79 bits per heavy atom. The largest absolute Gasteiger partial charge is 0.497 e. The van der Waals surface area contributed by atoms with Crippen LogP contribution in [-0.4, -0.2) is 46.8 Å². The van der Waals surface area contributed by atoms with Crippen LogP contribution in [0.1, 0.15) is 22.3 Å². The Labute approximate surface area is 195 Å². The second-order valence-electron chi connectivity index (χ2n) is 7.60. The summed E-state index contributed by atoms with van der Waals surface area (Å²) in [6.45, 7) is 0. The van der Waals surface area contributed by atoms with Crippen LogP contribution in [0.5, 0.6) is 5.75 Å². The van der Waals surface area contributed by atoms with Gasteiger partial charge in [-0.1, -0.05) is 30.3 Å². The van der Waals surface area contributed by atoms with Crippen LogP contribution in [0, 0.1) is 0 Å². The summed E-state index contributed by atoms with van der Waals surface area (Å²) in [4.78, 5) is 57.1. The number of hydrogen-bond donors (Lipinski definition) is 1. The number of anilines is 1. The molecule has 0 bridgehead atoms. The first-order chi connectivity index (χ1) is 16.5. The minimum atomic E-state index is -1.21. The lowest BCUT2D eigenvalue weighted by Gasteiger charge is -2.28. The molecule has 1 unspecified atom stereocenters. The average Bonchev–Trinajstić information content (AvgIpc) is 3.16. The zero-order chi connectivity index (χ0) is 24.1. The van der Waals surface area contributed by atoms with E-state index in [9.17, 15) is 19.2 Å². The SMILES string of the molecule is COc1ccc(N2C(=O)CC(N(NC(=O)Cc3ccccc3)C(=O)c3cccnc3)C2=O)cc1. The van der Waals surface area contributed by atoms with Crippen LogP contribution < -0.4 is 15.1 Å². The van der Waals surface area contributed by atoms with Crippen molar-refractivity contribution in [2.45, 2.75) is 18.9 Å². The number of ether oxygens (including phenoxy) is 1. The molecule has 1 fully saturated rings.